The number of benzene rings is 1. The van der Waals surface area contributed by atoms with Crippen LogP contribution in [0.5, 0.6) is 0 Å². The number of amides is 2. The minimum atomic E-state index is -4.42. The van der Waals surface area contributed by atoms with E-state index in [4.69, 9.17) is 0 Å². The number of halogens is 3. The molecule has 0 aliphatic carbocycles. The molecule has 3 rings (SSSR count). The normalized spacial score (nSPS) is 20.2. The van der Waals surface area contributed by atoms with Gasteiger partial charge in [0.1, 0.15) is 0 Å². The Morgan fingerprint density at radius 3 is 2.07 bits per heavy atom. The number of alkyl halides is 3. The maximum atomic E-state index is 12.6. The van der Waals surface area contributed by atoms with Crippen LogP contribution in [0.25, 0.3) is 0 Å². The quantitative estimate of drug-likeness (QED) is 0.854. The maximum Gasteiger partial charge on any atom is 0.416 e. The minimum Gasteiger partial charge on any atom is -0.353 e. The van der Waals surface area contributed by atoms with E-state index in [1.807, 2.05) is 0 Å². The number of hydrogen-bond acceptors (Lipinski definition) is 3. The highest BCUT2D eigenvalue weighted by atomic mass is 19.4. The van der Waals surface area contributed by atoms with Gasteiger partial charge in [-0.3, -0.25) is 9.59 Å². The molecule has 154 valence electrons. The van der Waals surface area contributed by atoms with Crippen LogP contribution in [0.3, 0.4) is 0 Å². The Bertz CT molecular complexity index is 690. The molecular formula is C20H26F3N3O2. The Kier molecular flexibility index (Phi) is 6.27. The van der Waals surface area contributed by atoms with Crippen LogP contribution in [0.4, 0.5) is 13.2 Å². The second-order valence-electron chi connectivity index (χ2n) is 7.73. The number of rotatable bonds is 3. The third kappa shape index (κ3) is 5.04. The molecule has 1 aromatic rings. The molecule has 1 aromatic carbocycles. The summed E-state index contributed by atoms with van der Waals surface area (Å²) in [4.78, 5) is 28.9. The average molecular weight is 397 g/mol. The summed E-state index contributed by atoms with van der Waals surface area (Å²) in [5.41, 5.74) is -0.532. The highest BCUT2D eigenvalue weighted by Gasteiger charge is 2.32. The van der Waals surface area contributed by atoms with Crippen molar-refractivity contribution >= 4 is 11.8 Å². The molecule has 28 heavy (non-hydrogen) atoms. The van der Waals surface area contributed by atoms with E-state index < -0.39 is 11.7 Å². The summed E-state index contributed by atoms with van der Waals surface area (Å²) in [6.07, 6.45) is -1.36. The first-order valence-electron chi connectivity index (χ1n) is 9.69. The largest absolute Gasteiger partial charge is 0.416 e. The molecule has 2 saturated heterocycles. The molecule has 2 fully saturated rings. The summed E-state index contributed by atoms with van der Waals surface area (Å²) < 4.78 is 37.9. The third-order valence-electron chi connectivity index (χ3n) is 5.68. The summed E-state index contributed by atoms with van der Waals surface area (Å²) in [5.74, 6) is -0.351. The molecule has 0 aromatic heterocycles. The third-order valence-corrected chi connectivity index (χ3v) is 5.68. The molecule has 2 amide bonds. The number of nitrogens with one attached hydrogen (secondary N) is 1. The van der Waals surface area contributed by atoms with E-state index in [1.165, 1.54) is 12.1 Å². The van der Waals surface area contributed by atoms with Crippen LogP contribution < -0.4 is 5.32 Å². The van der Waals surface area contributed by atoms with Crippen LogP contribution >= 0.6 is 0 Å². The Morgan fingerprint density at radius 2 is 1.54 bits per heavy atom. The van der Waals surface area contributed by atoms with Gasteiger partial charge in [-0.25, -0.2) is 0 Å². The molecule has 8 heteroatoms. The van der Waals surface area contributed by atoms with Gasteiger partial charge in [0, 0.05) is 30.6 Å². The Hall–Kier alpha value is -2.09. The van der Waals surface area contributed by atoms with Crippen molar-refractivity contribution in [2.45, 2.75) is 37.9 Å². The molecule has 0 atom stereocenters. The highest BCUT2D eigenvalue weighted by molar-refractivity contribution is 5.94. The topological polar surface area (TPSA) is 52.7 Å². The van der Waals surface area contributed by atoms with Crippen molar-refractivity contribution in [3.8, 4) is 0 Å². The maximum absolute atomic E-state index is 12.6. The van der Waals surface area contributed by atoms with E-state index in [-0.39, 0.29) is 29.3 Å². The number of nitrogens with zero attached hydrogens (tertiary/aromatic N) is 2. The van der Waals surface area contributed by atoms with E-state index in [0.29, 0.717) is 25.9 Å². The van der Waals surface area contributed by atoms with E-state index >= 15 is 0 Å². The van der Waals surface area contributed by atoms with Crippen molar-refractivity contribution in [1.82, 2.24) is 15.1 Å². The van der Waals surface area contributed by atoms with Gasteiger partial charge in [0.25, 0.3) is 5.91 Å². The van der Waals surface area contributed by atoms with Gasteiger partial charge in [0.2, 0.25) is 5.91 Å². The SMILES string of the molecule is CN1CCC(NC(=O)C2CCN(C(=O)c3ccc(C(F)(F)F)cc3)CC2)CC1. The fraction of sp³-hybridized carbons (Fsp3) is 0.600. The smallest absolute Gasteiger partial charge is 0.353 e. The van der Waals surface area contributed by atoms with Crippen LogP contribution in [0.1, 0.15) is 41.6 Å². The van der Waals surface area contributed by atoms with Crippen LogP contribution in [-0.4, -0.2) is 60.9 Å². The number of piperidine rings is 2. The summed E-state index contributed by atoms with van der Waals surface area (Å²) in [5, 5.41) is 3.13. The van der Waals surface area contributed by atoms with Gasteiger partial charge in [-0.2, -0.15) is 13.2 Å². The lowest BCUT2D eigenvalue weighted by atomic mass is 9.94. The molecular weight excluding hydrogens is 371 g/mol. The van der Waals surface area contributed by atoms with Gasteiger partial charge in [-0.15, -0.1) is 0 Å². The summed E-state index contributed by atoms with van der Waals surface area (Å²) >= 11 is 0. The first-order chi connectivity index (χ1) is 13.2. The first kappa shape index (κ1) is 20.6. The van der Waals surface area contributed by atoms with Crippen molar-refractivity contribution < 1.29 is 22.8 Å². The van der Waals surface area contributed by atoms with Crippen LogP contribution in [0.15, 0.2) is 24.3 Å². The van der Waals surface area contributed by atoms with E-state index in [9.17, 15) is 22.8 Å². The lowest BCUT2D eigenvalue weighted by Gasteiger charge is -2.34. The minimum absolute atomic E-state index is 0.0520. The first-order valence-corrected chi connectivity index (χ1v) is 9.69. The van der Waals surface area contributed by atoms with Crippen molar-refractivity contribution in [3.63, 3.8) is 0 Å². The van der Waals surface area contributed by atoms with Gasteiger partial charge in [0.15, 0.2) is 0 Å². The van der Waals surface area contributed by atoms with Crippen molar-refractivity contribution in [2.75, 3.05) is 33.2 Å². The van der Waals surface area contributed by atoms with Crippen molar-refractivity contribution in [1.29, 1.82) is 0 Å². The van der Waals surface area contributed by atoms with Gasteiger partial charge in [0.05, 0.1) is 5.56 Å². The Balaban J connectivity index is 1.49. The molecule has 2 heterocycles. The van der Waals surface area contributed by atoms with Crippen molar-refractivity contribution in [2.24, 2.45) is 5.92 Å². The summed E-state index contributed by atoms with van der Waals surface area (Å²) in [6, 6.07) is 4.49. The fourth-order valence-electron chi connectivity index (χ4n) is 3.80. The zero-order valence-electron chi connectivity index (χ0n) is 16.0. The van der Waals surface area contributed by atoms with E-state index in [1.54, 1.807) is 4.90 Å². The summed E-state index contributed by atoms with van der Waals surface area (Å²) in [6.45, 7) is 2.83. The van der Waals surface area contributed by atoms with Gasteiger partial charge in [-0.1, -0.05) is 0 Å². The van der Waals surface area contributed by atoms with Gasteiger partial charge < -0.3 is 15.1 Å². The summed E-state index contributed by atoms with van der Waals surface area (Å²) in [7, 11) is 2.07. The Morgan fingerprint density at radius 1 is 0.964 bits per heavy atom. The van der Waals surface area contributed by atoms with Crippen LogP contribution in [0.2, 0.25) is 0 Å². The number of hydrogen-bond donors (Lipinski definition) is 1. The second kappa shape index (κ2) is 8.51. The lowest BCUT2D eigenvalue weighted by Crippen LogP contribution is -2.48. The number of carbonyl (C=O) groups is 2. The predicted octanol–water partition coefficient (Wildman–Crippen LogP) is 2.77. The van der Waals surface area contributed by atoms with Crippen LogP contribution in [-0.2, 0) is 11.0 Å². The monoisotopic (exact) mass is 397 g/mol. The Labute approximate surface area is 162 Å². The molecule has 1 N–H and O–H groups in total. The van der Waals surface area contributed by atoms with Crippen LogP contribution in [0, 0.1) is 5.92 Å². The zero-order chi connectivity index (χ0) is 20.3. The number of carbonyl (C=O) groups excluding carboxylic acids is 2. The molecule has 2 aliphatic heterocycles. The second-order valence-corrected chi connectivity index (χ2v) is 7.73. The predicted molar refractivity (Wildman–Crippen MR) is 98.7 cm³/mol. The van der Waals surface area contributed by atoms with Gasteiger partial charge in [-0.05, 0) is 70.1 Å². The van der Waals surface area contributed by atoms with Crippen molar-refractivity contribution in [3.05, 3.63) is 35.4 Å². The lowest BCUT2D eigenvalue weighted by molar-refractivity contribution is -0.137. The molecule has 2 aliphatic rings. The zero-order valence-corrected chi connectivity index (χ0v) is 16.0. The number of likely N-dealkylation sites (tertiary alicyclic amines) is 2. The molecule has 0 bridgehead atoms. The standard InChI is InChI=1S/C20H26F3N3O2/c1-25-10-8-17(9-11-25)24-18(27)14-6-12-26(13-7-14)19(28)15-2-4-16(5-3-15)20(21,22)23/h2-5,14,17H,6-13H2,1H3,(H,24,27). The molecule has 0 unspecified atom stereocenters. The van der Waals surface area contributed by atoms with Gasteiger partial charge >= 0.3 is 6.18 Å². The molecule has 0 saturated carbocycles. The molecule has 0 spiro atoms. The molecule has 5 nitrogen and oxygen atoms in total. The average Bonchev–Trinajstić information content (AvgIpc) is 2.69. The molecule has 0 radical (unpaired) electrons. The fourth-order valence-corrected chi connectivity index (χ4v) is 3.80. The highest BCUT2D eigenvalue weighted by Crippen LogP contribution is 2.29. The van der Waals surface area contributed by atoms with E-state index in [0.717, 1.165) is 38.1 Å². The van der Waals surface area contributed by atoms with E-state index in [2.05, 4.69) is 17.3 Å².